The van der Waals surface area contributed by atoms with Crippen LogP contribution in [0.4, 0.5) is 0 Å². The first-order valence-electron chi connectivity index (χ1n) is 8.11. The highest BCUT2D eigenvalue weighted by molar-refractivity contribution is 6.63. The van der Waals surface area contributed by atoms with Gasteiger partial charge in [0.1, 0.15) is 0 Å². The molecule has 4 N–H and O–H groups in total. The van der Waals surface area contributed by atoms with Crippen LogP contribution in [0.15, 0.2) is 0 Å². The SMILES string of the molecule is CCC(CC(N)(N)C(CC)[Si](OC)(OC)OC)[Si](OC)(OC)OC. The van der Waals surface area contributed by atoms with Crippen molar-refractivity contribution in [2.45, 2.75) is 49.9 Å². The van der Waals surface area contributed by atoms with Gasteiger partial charge in [0.05, 0.1) is 11.2 Å². The molecular formula is C14H36N2O6Si2. The van der Waals surface area contributed by atoms with E-state index in [1.165, 1.54) is 0 Å². The van der Waals surface area contributed by atoms with Crippen LogP contribution in [0.1, 0.15) is 33.1 Å². The number of hydrogen-bond donors (Lipinski definition) is 2. The standard InChI is InChI=1S/C14H36N2O6Si2/c1-9-12(23(17-3,18-4)19-5)11-14(15,16)13(10-2)24(20-6,21-7)22-8/h12-13H,9-11,15-16H2,1-8H3. The Kier molecular flexibility index (Phi) is 10.4. The second-order valence-electron chi connectivity index (χ2n) is 5.81. The Labute approximate surface area is 148 Å². The van der Waals surface area contributed by atoms with Crippen molar-refractivity contribution in [1.82, 2.24) is 0 Å². The molecular weight excluding hydrogens is 348 g/mol. The summed E-state index contributed by atoms with van der Waals surface area (Å²) < 4.78 is 33.7. The second-order valence-corrected chi connectivity index (χ2v) is 12.2. The molecule has 0 aliphatic rings. The van der Waals surface area contributed by atoms with Gasteiger partial charge in [0, 0.05) is 48.2 Å². The van der Waals surface area contributed by atoms with E-state index in [4.69, 9.17) is 38.0 Å². The summed E-state index contributed by atoms with van der Waals surface area (Å²) in [6, 6.07) is 0. The van der Waals surface area contributed by atoms with Crippen LogP contribution in [0.5, 0.6) is 0 Å². The van der Waals surface area contributed by atoms with E-state index >= 15 is 0 Å². The quantitative estimate of drug-likeness (QED) is 0.361. The fourth-order valence-corrected chi connectivity index (χ4v) is 8.71. The molecule has 0 aromatic rings. The Morgan fingerprint density at radius 1 is 0.708 bits per heavy atom. The maximum absolute atomic E-state index is 6.55. The van der Waals surface area contributed by atoms with Gasteiger partial charge in [-0.2, -0.15) is 0 Å². The molecule has 10 heteroatoms. The highest BCUT2D eigenvalue weighted by Gasteiger charge is 2.57. The Morgan fingerprint density at radius 3 is 1.33 bits per heavy atom. The first kappa shape index (κ1) is 24.1. The van der Waals surface area contributed by atoms with E-state index in [1.807, 2.05) is 13.8 Å². The van der Waals surface area contributed by atoms with Crippen LogP contribution >= 0.6 is 0 Å². The minimum Gasteiger partial charge on any atom is -0.377 e. The molecule has 0 saturated heterocycles. The molecule has 0 aromatic heterocycles. The summed E-state index contributed by atoms with van der Waals surface area (Å²) >= 11 is 0. The molecule has 0 amide bonds. The van der Waals surface area contributed by atoms with Gasteiger partial charge in [-0.25, -0.2) is 0 Å². The maximum atomic E-state index is 6.55. The largest absolute Gasteiger partial charge is 0.506 e. The van der Waals surface area contributed by atoms with Crippen LogP contribution in [0.25, 0.3) is 0 Å². The molecule has 0 heterocycles. The summed E-state index contributed by atoms with van der Waals surface area (Å²) in [6.07, 6.45) is 1.86. The number of hydrogen-bond acceptors (Lipinski definition) is 8. The molecule has 0 rings (SSSR count). The second kappa shape index (κ2) is 10.3. The maximum Gasteiger partial charge on any atom is 0.506 e. The monoisotopic (exact) mass is 384 g/mol. The number of nitrogens with two attached hydrogens (primary N) is 2. The minimum atomic E-state index is -3.01. The van der Waals surface area contributed by atoms with E-state index in [0.717, 1.165) is 6.42 Å². The average molecular weight is 385 g/mol. The van der Waals surface area contributed by atoms with Gasteiger partial charge in [0.15, 0.2) is 0 Å². The Bertz CT molecular complexity index is 338. The molecule has 0 saturated carbocycles. The zero-order chi connectivity index (χ0) is 19.0. The summed E-state index contributed by atoms with van der Waals surface area (Å²) in [7, 11) is 3.58. The van der Waals surface area contributed by atoms with Crippen LogP contribution in [0.2, 0.25) is 11.1 Å². The predicted octanol–water partition coefficient (Wildman–Crippen LogP) is 1.31. The Hall–Kier alpha value is 0.114. The first-order chi connectivity index (χ1) is 11.2. The van der Waals surface area contributed by atoms with Gasteiger partial charge < -0.3 is 38.0 Å². The average Bonchev–Trinajstić information content (AvgIpc) is 2.60. The molecule has 0 fully saturated rings. The molecule has 0 aromatic carbocycles. The van der Waals surface area contributed by atoms with Gasteiger partial charge in [0.2, 0.25) is 0 Å². The minimum absolute atomic E-state index is 0.0566. The highest BCUT2D eigenvalue weighted by atomic mass is 28.4. The van der Waals surface area contributed by atoms with E-state index in [-0.39, 0.29) is 11.1 Å². The molecule has 8 nitrogen and oxygen atoms in total. The molecule has 0 aliphatic carbocycles. The van der Waals surface area contributed by atoms with Gasteiger partial charge in [-0.1, -0.05) is 13.8 Å². The van der Waals surface area contributed by atoms with Gasteiger partial charge in [-0.05, 0) is 19.3 Å². The Morgan fingerprint density at radius 2 is 1.08 bits per heavy atom. The van der Waals surface area contributed by atoms with Crippen molar-refractivity contribution in [3.63, 3.8) is 0 Å². The molecule has 24 heavy (non-hydrogen) atoms. The van der Waals surface area contributed by atoms with Crippen LogP contribution in [0, 0.1) is 0 Å². The van der Waals surface area contributed by atoms with Crippen molar-refractivity contribution in [2.24, 2.45) is 11.5 Å². The van der Waals surface area contributed by atoms with E-state index in [1.54, 1.807) is 42.7 Å². The summed E-state index contributed by atoms with van der Waals surface area (Å²) in [5, 5.41) is 0. The molecule has 0 radical (unpaired) electrons. The van der Waals surface area contributed by atoms with Gasteiger partial charge in [-0.15, -0.1) is 0 Å². The zero-order valence-corrected chi connectivity index (χ0v) is 18.4. The fraction of sp³-hybridized carbons (Fsp3) is 1.00. The fourth-order valence-electron chi connectivity index (χ4n) is 3.47. The lowest BCUT2D eigenvalue weighted by atomic mass is 9.98. The van der Waals surface area contributed by atoms with E-state index < -0.39 is 23.3 Å². The van der Waals surface area contributed by atoms with Gasteiger partial charge in [-0.3, -0.25) is 0 Å². The van der Waals surface area contributed by atoms with Crippen molar-refractivity contribution in [1.29, 1.82) is 0 Å². The third-order valence-corrected chi connectivity index (χ3v) is 11.6. The highest BCUT2D eigenvalue weighted by Crippen LogP contribution is 2.41. The van der Waals surface area contributed by atoms with E-state index in [9.17, 15) is 0 Å². The van der Waals surface area contributed by atoms with Crippen molar-refractivity contribution in [3.05, 3.63) is 0 Å². The molecule has 0 aliphatic heterocycles. The van der Waals surface area contributed by atoms with Gasteiger partial charge >= 0.3 is 17.6 Å². The summed E-state index contributed by atoms with van der Waals surface area (Å²) in [6.45, 7) is 4.03. The third kappa shape index (κ3) is 4.84. The van der Waals surface area contributed by atoms with Crippen LogP contribution < -0.4 is 11.5 Å². The molecule has 0 bridgehead atoms. The Balaban J connectivity index is 5.68. The number of rotatable bonds is 13. The van der Waals surface area contributed by atoms with Gasteiger partial charge in [0.25, 0.3) is 0 Å². The van der Waals surface area contributed by atoms with E-state index in [0.29, 0.717) is 12.8 Å². The van der Waals surface area contributed by atoms with Crippen molar-refractivity contribution < 1.29 is 26.6 Å². The summed E-state index contributed by atoms with van der Waals surface area (Å²) in [4.78, 5) is 0. The van der Waals surface area contributed by atoms with E-state index in [2.05, 4.69) is 0 Å². The normalized spacial score (nSPS) is 16.2. The third-order valence-electron chi connectivity index (χ3n) is 4.78. The smallest absolute Gasteiger partial charge is 0.377 e. The molecule has 2 atom stereocenters. The van der Waals surface area contributed by atoms with Crippen LogP contribution in [-0.2, 0) is 26.6 Å². The first-order valence-corrected chi connectivity index (χ1v) is 11.7. The van der Waals surface area contributed by atoms with Crippen molar-refractivity contribution >= 4 is 17.6 Å². The topological polar surface area (TPSA) is 107 Å². The molecule has 146 valence electrons. The molecule has 2 unspecified atom stereocenters. The van der Waals surface area contributed by atoms with Crippen LogP contribution in [-0.4, -0.2) is 65.9 Å². The lowest BCUT2D eigenvalue weighted by Crippen LogP contribution is -2.65. The molecule has 0 spiro atoms. The zero-order valence-electron chi connectivity index (χ0n) is 16.4. The van der Waals surface area contributed by atoms with Crippen molar-refractivity contribution in [3.8, 4) is 0 Å². The lowest BCUT2D eigenvalue weighted by Gasteiger charge is -2.44. The van der Waals surface area contributed by atoms with Crippen molar-refractivity contribution in [2.75, 3.05) is 42.7 Å². The van der Waals surface area contributed by atoms with Crippen LogP contribution in [0.3, 0.4) is 0 Å². The lowest BCUT2D eigenvalue weighted by molar-refractivity contribution is 0.0842. The summed E-state index contributed by atoms with van der Waals surface area (Å²) in [5.41, 5.74) is 11.7. The summed E-state index contributed by atoms with van der Waals surface area (Å²) in [5.74, 6) is 0. The predicted molar refractivity (Wildman–Crippen MR) is 97.4 cm³/mol.